The molecule has 0 aromatic carbocycles. The molecule has 25 heavy (non-hydrogen) atoms. The molecule has 4 aromatic rings. The maximum atomic E-state index is 13.6. The van der Waals surface area contributed by atoms with Crippen molar-refractivity contribution in [1.29, 1.82) is 0 Å². The van der Waals surface area contributed by atoms with Gasteiger partial charge in [0.2, 0.25) is 0 Å². The molecule has 0 aliphatic rings. The van der Waals surface area contributed by atoms with Crippen molar-refractivity contribution in [2.24, 2.45) is 0 Å². The van der Waals surface area contributed by atoms with Crippen molar-refractivity contribution in [2.75, 3.05) is 11.5 Å². The normalized spacial score (nSPS) is 11.1. The maximum absolute atomic E-state index is 13.6. The number of pyridine rings is 2. The van der Waals surface area contributed by atoms with Crippen molar-refractivity contribution in [2.45, 2.75) is 6.42 Å². The summed E-state index contributed by atoms with van der Waals surface area (Å²) in [6, 6.07) is 8.52. The Hall–Kier alpha value is -3.55. The summed E-state index contributed by atoms with van der Waals surface area (Å²) in [4.78, 5) is 17.3. The first-order valence-corrected chi connectivity index (χ1v) is 7.56. The second kappa shape index (κ2) is 5.82. The molecule has 0 radical (unpaired) electrons. The molecule has 0 spiro atoms. The second-order valence-corrected chi connectivity index (χ2v) is 5.51. The third-order valence-corrected chi connectivity index (χ3v) is 3.83. The predicted octanol–water partition coefficient (Wildman–Crippen LogP) is 2.08. The van der Waals surface area contributed by atoms with Gasteiger partial charge in [-0.15, -0.1) is 0 Å². The van der Waals surface area contributed by atoms with E-state index in [1.165, 1.54) is 12.3 Å². The highest BCUT2D eigenvalue weighted by Gasteiger charge is 2.15. The van der Waals surface area contributed by atoms with Crippen molar-refractivity contribution < 1.29 is 4.39 Å². The van der Waals surface area contributed by atoms with Gasteiger partial charge in [0.05, 0.1) is 17.6 Å². The number of imidazole rings is 1. The number of hydrogen-bond acceptors (Lipinski definition) is 6. The van der Waals surface area contributed by atoms with E-state index >= 15 is 0 Å². The largest absolute Gasteiger partial charge is 0.394 e. The number of nitrogen functional groups attached to an aromatic ring is 2. The molecule has 7 nitrogen and oxygen atoms in total. The first kappa shape index (κ1) is 15.0. The minimum atomic E-state index is -0.385. The Balaban J connectivity index is 1.83. The van der Waals surface area contributed by atoms with E-state index in [2.05, 4.69) is 19.9 Å². The quantitative estimate of drug-likeness (QED) is 0.593. The van der Waals surface area contributed by atoms with E-state index in [1.54, 1.807) is 22.9 Å². The number of nitrogens with zero attached hydrogens (tertiary/aromatic N) is 5. The zero-order valence-electron chi connectivity index (χ0n) is 13.1. The number of fused-ring (bicyclic) bond motifs is 1. The zero-order valence-corrected chi connectivity index (χ0v) is 13.1. The van der Waals surface area contributed by atoms with E-state index in [9.17, 15) is 4.39 Å². The standard InChI is InChI=1S/C17H14FN7/c18-10-4-5-14-22-8-13(25(14)9-10)17-23-12(15(19)16(20)24-17)7-11-3-1-2-6-21-11/h1-6,8-9H,7,19H2,(H2,20,23,24). The number of anilines is 2. The lowest BCUT2D eigenvalue weighted by Crippen LogP contribution is -2.09. The Kier molecular flexibility index (Phi) is 3.50. The molecule has 0 aliphatic carbocycles. The van der Waals surface area contributed by atoms with Crippen LogP contribution in [0, 0.1) is 5.82 Å². The molecule has 8 heteroatoms. The molecule has 0 unspecified atom stereocenters. The second-order valence-electron chi connectivity index (χ2n) is 5.51. The van der Waals surface area contributed by atoms with Crippen LogP contribution in [0.3, 0.4) is 0 Å². The predicted molar refractivity (Wildman–Crippen MR) is 92.0 cm³/mol. The highest BCUT2D eigenvalue weighted by Crippen LogP contribution is 2.25. The molecule has 4 N–H and O–H groups in total. The van der Waals surface area contributed by atoms with Crippen molar-refractivity contribution in [3.05, 3.63) is 66.1 Å². The molecule has 124 valence electrons. The molecule has 0 aliphatic heterocycles. The fraction of sp³-hybridized carbons (Fsp3) is 0.0588. The van der Waals surface area contributed by atoms with Gasteiger partial charge in [0, 0.05) is 24.5 Å². The van der Waals surface area contributed by atoms with Gasteiger partial charge in [0.1, 0.15) is 17.2 Å². The van der Waals surface area contributed by atoms with E-state index < -0.39 is 0 Å². The number of hydrogen-bond donors (Lipinski definition) is 2. The monoisotopic (exact) mass is 335 g/mol. The highest BCUT2D eigenvalue weighted by molar-refractivity contribution is 5.67. The van der Waals surface area contributed by atoms with E-state index in [0.717, 1.165) is 5.69 Å². The minimum Gasteiger partial charge on any atom is -0.394 e. The molecular weight excluding hydrogens is 321 g/mol. The van der Waals surface area contributed by atoms with E-state index in [-0.39, 0.29) is 11.6 Å². The smallest absolute Gasteiger partial charge is 0.180 e. The number of nitrogens with two attached hydrogens (primary N) is 2. The Labute approximate surface area is 142 Å². The molecule has 0 saturated carbocycles. The number of halogens is 1. The van der Waals surface area contributed by atoms with Gasteiger partial charge in [-0.05, 0) is 24.3 Å². The molecule has 0 bridgehead atoms. The van der Waals surface area contributed by atoms with Crippen LogP contribution in [0.25, 0.3) is 17.2 Å². The lowest BCUT2D eigenvalue weighted by Gasteiger charge is -2.09. The maximum Gasteiger partial charge on any atom is 0.180 e. The molecule has 4 heterocycles. The Bertz CT molecular complexity index is 1060. The molecule has 0 amide bonds. The van der Waals surface area contributed by atoms with Crippen LogP contribution in [0.15, 0.2) is 48.9 Å². The average molecular weight is 335 g/mol. The molecule has 0 atom stereocenters. The molecule has 4 aromatic heterocycles. The van der Waals surface area contributed by atoms with Gasteiger partial charge in [-0.2, -0.15) is 0 Å². The lowest BCUT2D eigenvalue weighted by atomic mass is 10.2. The van der Waals surface area contributed by atoms with Crippen molar-refractivity contribution >= 4 is 17.2 Å². The zero-order chi connectivity index (χ0) is 17.4. The van der Waals surface area contributed by atoms with Crippen LogP contribution in [0.2, 0.25) is 0 Å². The third kappa shape index (κ3) is 2.74. The summed E-state index contributed by atoms with van der Waals surface area (Å²) in [6.45, 7) is 0. The van der Waals surface area contributed by atoms with Crippen LogP contribution in [-0.2, 0) is 6.42 Å². The fourth-order valence-electron chi connectivity index (χ4n) is 2.58. The summed E-state index contributed by atoms with van der Waals surface area (Å²) in [5.41, 5.74) is 14.8. The van der Waals surface area contributed by atoms with Crippen LogP contribution in [0.4, 0.5) is 15.9 Å². The fourth-order valence-corrected chi connectivity index (χ4v) is 2.58. The van der Waals surface area contributed by atoms with Crippen LogP contribution in [0.5, 0.6) is 0 Å². The molecular formula is C17H14FN7. The summed E-state index contributed by atoms with van der Waals surface area (Å²) in [7, 11) is 0. The molecule has 0 fully saturated rings. The third-order valence-electron chi connectivity index (χ3n) is 3.83. The molecule has 4 rings (SSSR count). The average Bonchev–Trinajstić information content (AvgIpc) is 3.02. The Morgan fingerprint density at radius 3 is 2.72 bits per heavy atom. The first-order chi connectivity index (χ1) is 12.1. The summed E-state index contributed by atoms with van der Waals surface area (Å²) < 4.78 is 15.2. The van der Waals surface area contributed by atoms with Gasteiger partial charge in [-0.25, -0.2) is 19.3 Å². The summed E-state index contributed by atoms with van der Waals surface area (Å²) >= 11 is 0. The van der Waals surface area contributed by atoms with Crippen molar-refractivity contribution in [1.82, 2.24) is 24.3 Å². The van der Waals surface area contributed by atoms with E-state index in [1.807, 2.05) is 18.2 Å². The highest BCUT2D eigenvalue weighted by atomic mass is 19.1. The summed E-state index contributed by atoms with van der Waals surface area (Å²) in [5.74, 6) is 0.113. The van der Waals surface area contributed by atoms with Crippen LogP contribution in [-0.4, -0.2) is 24.3 Å². The lowest BCUT2D eigenvalue weighted by molar-refractivity contribution is 0.619. The van der Waals surface area contributed by atoms with Gasteiger partial charge < -0.3 is 11.5 Å². The van der Waals surface area contributed by atoms with Crippen LogP contribution < -0.4 is 11.5 Å². The summed E-state index contributed by atoms with van der Waals surface area (Å²) in [5, 5.41) is 0. The van der Waals surface area contributed by atoms with Gasteiger partial charge in [-0.1, -0.05) is 6.07 Å². The topological polar surface area (TPSA) is 108 Å². The summed E-state index contributed by atoms with van der Waals surface area (Å²) in [6.07, 6.45) is 5.01. The number of aromatic nitrogens is 5. The van der Waals surface area contributed by atoms with Gasteiger partial charge >= 0.3 is 0 Å². The SMILES string of the molecule is Nc1nc(-c2cnc3ccc(F)cn23)nc(Cc2ccccn2)c1N. The van der Waals surface area contributed by atoms with Gasteiger partial charge in [0.25, 0.3) is 0 Å². The Morgan fingerprint density at radius 1 is 1.04 bits per heavy atom. The number of rotatable bonds is 3. The first-order valence-electron chi connectivity index (χ1n) is 7.56. The van der Waals surface area contributed by atoms with Crippen molar-refractivity contribution in [3.63, 3.8) is 0 Å². The van der Waals surface area contributed by atoms with Crippen molar-refractivity contribution in [3.8, 4) is 11.5 Å². The van der Waals surface area contributed by atoms with E-state index in [0.29, 0.717) is 35.0 Å². The van der Waals surface area contributed by atoms with Crippen LogP contribution >= 0.6 is 0 Å². The minimum absolute atomic E-state index is 0.169. The van der Waals surface area contributed by atoms with E-state index in [4.69, 9.17) is 11.5 Å². The Morgan fingerprint density at radius 2 is 1.92 bits per heavy atom. The van der Waals surface area contributed by atoms with Gasteiger partial charge in [0.15, 0.2) is 11.6 Å². The molecule has 0 saturated heterocycles. The van der Waals surface area contributed by atoms with Crippen LogP contribution in [0.1, 0.15) is 11.4 Å². The van der Waals surface area contributed by atoms with Gasteiger partial charge in [-0.3, -0.25) is 9.38 Å².